The van der Waals surface area contributed by atoms with E-state index in [2.05, 4.69) is 10.2 Å². The second-order valence-electron chi connectivity index (χ2n) is 8.41. The van der Waals surface area contributed by atoms with Crippen molar-refractivity contribution in [3.05, 3.63) is 35.6 Å². The van der Waals surface area contributed by atoms with E-state index in [0.717, 1.165) is 25.7 Å². The molecule has 0 radical (unpaired) electrons. The number of carbonyl (C=O) groups excluding carboxylic acids is 1. The van der Waals surface area contributed by atoms with Gasteiger partial charge in [0.2, 0.25) is 5.91 Å². The molecule has 2 atom stereocenters. The Labute approximate surface area is 154 Å². The molecule has 0 aromatic heterocycles. The summed E-state index contributed by atoms with van der Waals surface area (Å²) in [5.41, 5.74) is -0.315. The van der Waals surface area contributed by atoms with E-state index in [9.17, 15) is 14.3 Å². The number of hydrogen-bond donors (Lipinski definition) is 2. The number of carbonyl (C=O) groups is 1. The number of benzene rings is 1. The van der Waals surface area contributed by atoms with Gasteiger partial charge in [-0.2, -0.15) is 0 Å². The number of fused-ring (bicyclic) bond motifs is 2. The van der Waals surface area contributed by atoms with E-state index in [-0.39, 0.29) is 23.8 Å². The van der Waals surface area contributed by atoms with Crippen molar-refractivity contribution >= 4 is 5.91 Å². The zero-order chi connectivity index (χ0) is 18.1. The largest absolute Gasteiger partial charge is 0.385 e. The summed E-state index contributed by atoms with van der Waals surface area (Å²) < 4.78 is 13.6. The number of rotatable bonds is 4. The first-order chi connectivity index (χ1) is 12.5. The van der Waals surface area contributed by atoms with Gasteiger partial charge in [0.25, 0.3) is 0 Å². The van der Waals surface area contributed by atoms with Crippen LogP contribution >= 0.6 is 0 Å². The van der Waals surface area contributed by atoms with Crippen molar-refractivity contribution in [3.8, 4) is 0 Å². The van der Waals surface area contributed by atoms with Crippen molar-refractivity contribution < 1.29 is 14.3 Å². The molecule has 3 fully saturated rings. The number of nitrogens with zero attached hydrogens (tertiary/aromatic N) is 1. The van der Waals surface area contributed by atoms with E-state index in [0.29, 0.717) is 31.0 Å². The fourth-order valence-corrected chi connectivity index (χ4v) is 5.27. The van der Waals surface area contributed by atoms with Gasteiger partial charge >= 0.3 is 0 Å². The van der Waals surface area contributed by atoms with Crippen LogP contribution in [-0.4, -0.2) is 40.6 Å². The predicted octanol–water partition coefficient (Wildman–Crippen LogP) is 3.09. The highest BCUT2D eigenvalue weighted by molar-refractivity contribution is 5.78. The number of nitrogens with one attached hydrogen (secondary N) is 1. The maximum atomic E-state index is 13.6. The van der Waals surface area contributed by atoms with Gasteiger partial charge in [-0.15, -0.1) is 0 Å². The molecule has 1 aliphatic carbocycles. The average molecular weight is 360 g/mol. The first-order valence-corrected chi connectivity index (χ1v) is 10.1. The Kier molecular flexibility index (Phi) is 5.02. The lowest BCUT2D eigenvalue weighted by Gasteiger charge is -2.44. The molecule has 2 saturated heterocycles. The first kappa shape index (κ1) is 17.9. The number of hydrogen-bond acceptors (Lipinski definition) is 3. The van der Waals surface area contributed by atoms with Crippen LogP contribution in [0.1, 0.15) is 63.4 Å². The average Bonchev–Trinajstić information content (AvgIpc) is 2.86. The van der Waals surface area contributed by atoms with Gasteiger partial charge in [0.1, 0.15) is 5.82 Å². The summed E-state index contributed by atoms with van der Waals surface area (Å²) in [6.45, 7) is 0.422. The lowest BCUT2D eigenvalue weighted by Crippen LogP contribution is -2.53. The Bertz CT molecular complexity index is 645. The zero-order valence-corrected chi connectivity index (χ0v) is 15.3. The number of halogens is 1. The van der Waals surface area contributed by atoms with Gasteiger partial charge in [-0.05, 0) is 56.2 Å². The minimum Gasteiger partial charge on any atom is -0.385 e. The number of amides is 1. The molecule has 0 spiro atoms. The van der Waals surface area contributed by atoms with Gasteiger partial charge < -0.3 is 10.4 Å². The van der Waals surface area contributed by atoms with Crippen LogP contribution in [0.15, 0.2) is 24.3 Å². The molecule has 26 heavy (non-hydrogen) atoms. The van der Waals surface area contributed by atoms with E-state index >= 15 is 0 Å². The summed E-state index contributed by atoms with van der Waals surface area (Å²) in [4.78, 5) is 14.8. The molecule has 1 aromatic rings. The summed E-state index contributed by atoms with van der Waals surface area (Å²) in [5, 5.41) is 14.4. The minimum absolute atomic E-state index is 0.116. The van der Waals surface area contributed by atoms with E-state index in [1.165, 1.54) is 31.4 Å². The third-order valence-electron chi connectivity index (χ3n) is 6.58. The van der Waals surface area contributed by atoms with Crippen LogP contribution in [0, 0.1) is 5.82 Å². The number of aliphatic hydroxyl groups is 1. The highest BCUT2D eigenvalue weighted by Gasteiger charge is 2.48. The summed E-state index contributed by atoms with van der Waals surface area (Å²) in [7, 11) is 0. The van der Waals surface area contributed by atoms with E-state index in [1.807, 2.05) is 6.07 Å². The molecule has 2 aliphatic heterocycles. The maximum Gasteiger partial charge on any atom is 0.234 e. The molecule has 3 aliphatic rings. The summed E-state index contributed by atoms with van der Waals surface area (Å²) in [6.07, 6.45) is 9.03. The fraction of sp³-hybridized carbons (Fsp3) is 0.667. The van der Waals surface area contributed by atoms with Crippen LogP contribution in [0.25, 0.3) is 0 Å². The lowest BCUT2D eigenvalue weighted by molar-refractivity contribution is -0.126. The highest BCUT2D eigenvalue weighted by atomic mass is 19.1. The van der Waals surface area contributed by atoms with Crippen molar-refractivity contribution in [2.45, 2.75) is 81.5 Å². The monoisotopic (exact) mass is 360 g/mol. The Morgan fingerprint density at radius 1 is 1.15 bits per heavy atom. The van der Waals surface area contributed by atoms with Gasteiger partial charge in [-0.3, -0.25) is 9.69 Å². The Balaban J connectivity index is 1.40. The van der Waals surface area contributed by atoms with Gasteiger partial charge in [-0.25, -0.2) is 4.39 Å². The van der Waals surface area contributed by atoms with Gasteiger partial charge in [-0.1, -0.05) is 31.4 Å². The molecule has 2 heterocycles. The third-order valence-corrected chi connectivity index (χ3v) is 6.58. The molecule has 142 valence electrons. The van der Waals surface area contributed by atoms with Gasteiger partial charge in [0, 0.05) is 18.1 Å². The van der Waals surface area contributed by atoms with Crippen LogP contribution in [-0.2, 0) is 10.4 Å². The quantitative estimate of drug-likeness (QED) is 0.868. The van der Waals surface area contributed by atoms with Crippen LogP contribution in [0.4, 0.5) is 4.39 Å². The van der Waals surface area contributed by atoms with Crippen molar-refractivity contribution in [3.63, 3.8) is 0 Å². The standard InChI is InChI=1S/C21H29FN2O2/c22-16-6-4-5-15(11-16)21(26)12-18-9-10-19(13-21)24(18)14-20(25)23-17-7-2-1-3-8-17/h4-6,11,17-19,26H,1-3,7-10,12-14H2,(H,23,25). The van der Waals surface area contributed by atoms with Crippen molar-refractivity contribution in [2.24, 2.45) is 0 Å². The Morgan fingerprint density at radius 3 is 2.50 bits per heavy atom. The molecule has 2 bridgehead atoms. The maximum absolute atomic E-state index is 13.6. The van der Waals surface area contributed by atoms with Crippen molar-refractivity contribution in [2.75, 3.05) is 6.54 Å². The molecule has 1 saturated carbocycles. The second-order valence-corrected chi connectivity index (χ2v) is 8.41. The summed E-state index contributed by atoms with van der Waals surface area (Å²) >= 11 is 0. The number of piperidine rings is 1. The summed E-state index contributed by atoms with van der Waals surface area (Å²) in [6, 6.07) is 7.06. The molecular formula is C21H29FN2O2. The van der Waals surface area contributed by atoms with Gasteiger partial charge in [0.05, 0.1) is 12.1 Å². The molecule has 4 rings (SSSR count). The fourth-order valence-electron chi connectivity index (χ4n) is 5.27. The van der Waals surface area contributed by atoms with E-state index in [4.69, 9.17) is 0 Å². The SMILES string of the molecule is O=C(CN1C2CCC1CC(O)(c1cccc(F)c1)C2)NC1CCCCC1. The highest BCUT2D eigenvalue weighted by Crippen LogP contribution is 2.45. The molecular weight excluding hydrogens is 331 g/mol. The van der Waals surface area contributed by atoms with Crippen LogP contribution in [0.3, 0.4) is 0 Å². The topological polar surface area (TPSA) is 52.6 Å². The summed E-state index contributed by atoms with van der Waals surface area (Å²) in [5.74, 6) is -0.192. The van der Waals surface area contributed by atoms with Crippen LogP contribution in [0.5, 0.6) is 0 Å². The smallest absolute Gasteiger partial charge is 0.234 e. The Morgan fingerprint density at radius 2 is 1.85 bits per heavy atom. The molecule has 1 amide bonds. The van der Waals surface area contributed by atoms with E-state index < -0.39 is 5.60 Å². The first-order valence-electron chi connectivity index (χ1n) is 10.1. The lowest BCUT2D eigenvalue weighted by atomic mass is 9.80. The second kappa shape index (κ2) is 7.28. The normalized spacial score (nSPS) is 32.5. The molecule has 5 heteroatoms. The third kappa shape index (κ3) is 3.65. The Hall–Kier alpha value is -1.46. The van der Waals surface area contributed by atoms with Crippen LogP contribution in [0.2, 0.25) is 0 Å². The van der Waals surface area contributed by atoms with Crippen molar-refractivity contribution in [1.29, 1.82) is 0 Å². The van der Waals surface area contributed by atoms with Gasteiger partial charge in [0.15, 0.2) is 0 Å². The molecule has 2 unspecified atom stereocenters. The molecule has 1 aromatic carbocycles. The van der Waals surface area contributed by atoms with Crippen LogP contribution < -0.4 is 5.32 Å². The predicted molar refractivity (Wildman–Crippen MR) is 98.1 cm³/mol. The van der Waals surface area contributed by atoms with E-state index in [1.54, 1.807) is 6.07 Å². The minimum atomic E-state index is -0.982. The van der Waals surface area contributed by atoms with Crippen molar-refractivity contribution in [1.82, 2.24) is 10.2 Å². The zero-order valence-electron chi connectivity index (χ0n) is 15.3. The molecule has 4 nitrogen and oxygen atoms in total. The molecule has 2 N–H and O–H groups in total.